The van der Waals surface area contributed by atoms with Crippen molar-refractivity contribution < 1.29 is 29.2 Å². The first-order valence-electron chi connectivity index (χ1n) is 12.5. The Labute approximate surface area is 210 Å². The van der Waals surface area contributed by atoms with Crippen LogP contribution < -0.4 is 9.47 Å². The first-order chi connectivity index (χ1) is 17.4. The predicted octanol–water partition coefficient (Wildman–Crippen LogP) is 4.39. The van der Waals surface area contributed by atoms with Crippen LogP contribution in [0.15, 0.2) is 24.4 Å². The van der Waals surface area contributed by atoms with Gasteiger partial charge in [0.1, 0.15) is 34.7 Å². The summed E-state index contributed by atoms with van der Waals surface area (Å²) in [5, 5.41) is 25.8. The van der Waals surface area contributed by atoms with E-state index in [1.54, 1.807) is 43.3 Å². The van der Waals surface area contributed by atoms with Crippen molar-refractivity contribution >= 4 is 17.0 Å². The lowest BCUT2D eigenvalue weighted by molar-refractivity contribution is -0.0845. The summed E-state index contributed by atoms with van der Waals surface area (Å²) in [6.45, 7) is 2.14. The van der Waals surface area contributed by atoms with Crippen LogP contribution >= 0.6 is 0 Å². The van der Waals surface area contributed by atoms with Crippen LogP contribution in [0.3, 0.4) is 0 Å². The zero-order valence-corrected chi connectivity index (χ0v) is 20.9. The van der Waals surface area contributed by atoms with Crippen LogP contribution in [-0.2, 0) is 11.3 Å². The zero-order valence-electron chi connectivity index (χ0n) is 20.9. The molecular weight excluding hydrogens is 462 g/mol. The summed E-state index contributed by atoms with van der Waals surface area (Å²) < 4.78 is 19.1. The van der Waals surface area contributed by atoms with E-state index in [9.17, 15) is 15.0 Å². The quantitative estimate of drug-likeness (QED) is 0.425. The number of aliphatic hydroxyl groups excluding tert-OH is 1. The summed E-state index contributed by atoms with van der Waals surface area (Å²) >= 11 is 0. The van der Waals surface area contributed by atoms with Gasteiger partial charge < -0.3 is 24.4 Å². The Morgan fingerprint density at radius 2 is 1.78 bits per heavy atom. The van der Waals surface area contributed by atoms with Gasteiger partial charge in [-0.15, -0.1) is 0 Å². The average molecular weight is 496 g/mol. The zero-order chi connectivity index (χ0) is 25.4. The second-order valence-corrected chi connectivity index (χ2v) is 9.84. The number of carboxylic acids is 1. The van der Waals surface area contributed by atoms with Crippen molar-refractivity contribution in [1.29, 1.82) is 0 Å². The van der Waals surface area contributed by atoms with E-state index in [1.807, 2.05) is 6.92 Å². The van der Waals surface area contributed by atoms with Crippen molar-refractivity contribution in [1.82, 2.24) is 14.8 Å². The van der Waals surface area contributed by atoms with Gasteiger partial charge in [-0.05, 0) is 56.4 Å². The molecule has 2 saturated carbocycles. The molecule has 2 aromatic heterocycles. The molecule has 2 heterocycles. The number of ether oxygens (including phenoxy) is 3. The fraction of sp³-hybridized carbons (Fsp3) is 0.519. The molecule has 2 N–H and O–H groups in total. The highest BCUT2D eigenvalue weighted by atomic mass is 16.5. The number of methoxy groups -OCH3 is 2. The molecule has 5 rings (SSSR count). The van der Waals surface area contributed by atoms with Gasteiger partial charge in [0.15, 0.2) is 0 Å². The highest BCUT2D eigenvalue weighted by Gasteiger charge is 2.31. The van der Waals surface area contributed by atoms with Gasteiger partial charge in [-0.25, -0.2) is 9.78 Å². The summed E-state index contributed by atoms with van der Waals surface area (Å²) in [6.07, 6.45) is 6.35. The van der Waals surface area contributed by atoms with E-state index < -0.39 is 18.2 Å². The summed E-state index contributed by atoms with van der Waals surface area (Å²) in [5.41, 5.74) is 3.32. The summed E-state index contributed by atoms with van der Waals surface area (Å²) in [7, 11) is 3.17. The van der Waals surface area contributed by atoms with Gasteiger partial charge >= 0.3 is 5.97 Å². The van der Waals surface area contributed by atoms with E-state index in [-0.39, 0.29) is 18.2 Å². The summed E-state index contributed by atoms with van der Waals surface area (Å²) in [5.74, 6) is 0.543. The second-order valence-electron chi connectivity index (χ2n) is 9.84. The maximum atomic E-state index is 11.9. The molecule has 9 heteroatoms. The number of aromatic nitrogens is 3. The fourth-order valence-corrected chi connectivity index (χ4v) is 5.08. The lowest BCUT2D eigenvalue weighted by Gasteiger charge is -2.27. The van der Waals surface area contributed by atoms with Crippen molar-refractivity contribution in [3.05, 3.63) is 46.8 Å². The first kappa shape index (κ1) is 24.5. The Kier molecular flexibility index (Phi) is 6.85. The minimum atomic E-state index is -1.02. The van der Waals surface area contributed by atoms with Crippen molar-refractivity contribution in [2.45, 2.75) is 76.2 Å². The van der Waals surface area contributed by atoms with Crippen LogP contribution in [0.4, 0.5) is 0 Å². The number of rotatable bonds is 10. The SMILES string of the molecule is COc1cc(C(O)C(Cn2cc3nc(C4CC4)cc(C(=O)O)c3n2)OC2CCCC2)cc(OC)c1C. The predicted molar refractivity (Wildman–Crippen MR) is 133 cm³/mol. The van der Waals surface area contributed by atoms with Gasteiger partial charge in [0.25, 0.3) is 0 Å². The molecule has 0 saturated heterocycles. The van der Waals surface area contributed by atoms with E-state index in [1.165, 1.54) is 0 Å². The van der Waals surface area contributed by atoms with Gasteiger partial charge in [-0.2, -0.15) is 5.10 Å². The normalized spacial score (nSPS) is 17.9. The van der Waals surface area contributed by atoms with Crippen LogP contribution in [0.25, 0.3) is 11.0 Å². The molecule has 0 spiro atoms. The standard InChI is InChI=1S/C27H33N3O6/c1-15-22(34-2)10-17(11-23(15)35-3)26(31)24(36-18-6-4-5-7-18)14-30-13-21-25(29-30)19(27(32)33)12-20(28-21)16-8-9-16/h10-13,16,18,24,26,31H,4-9,14H2,1-3H3,(H,32,33). The Bertz CT molecular complexity index is 1240. The number of aliphatic hydroxyl groups is 1. The molecule has 36 heavy (non-hydrogen) atoms. The number of pyridine rings is 1. The Morgan fingerprint density at radius 1 is 1.11 bits per heavy atom. The largest absolute Gasteiger partial charge is 0.496 e. The molecule has 192 valence electrons. The molecule has 3 aromatic rings. The molecule has 2 aliphatic rings. The number of carbonyl (C=O) groups is 1. The Morgan fingerprint density at radius 3 is 2.36 bits per heavy atom. The molecule has 0 bridgehead atoms. The minimum absolute atomic E-state index is 0.0537. The first-order valence-corrected chi connectivity index (χ1v) is 12.5. The number of aromatic carboxylic acids is 1. The number of carboxylic acid groups (broad SMARTS) is 1. The fourth-order valence-electron chi connectivity index (χ4n) is 5.08. The average Bonchev–Trinajstić information content (AvgIpc) is 3.44. The molecule has 9 nitrogen and oxygen atoms in total. The van der Waals surface area contributed by atoms with Gasteiger partial charge in [0.05, 0.1) is 38.6 Å². The van der Waals surface area contributed by atoms with Crippen LogP contribution in [0, 0.1) is 6.92 Å². The lowest BCUT2D eigenvalue weighted by Crippen LogP contribution is -2.31. The van der Waals surface area contributed by atoms with Crippen LogP contribution in [0.2, 0.25) is 0 Å². The molecule has 2 atom stereocenters. The topological polar surface area (TPSA) is 116 Å². The third-order valence-corrected chi connectivity index (χ3v) is 7.27. The molecule has 1 aromatic carbocycles. The minimum Gasteiger partial charge on any atom is -0.496 e. The smallest absolute Gasteiger partial charge is 0.338 e. The van der Waals surface area contributed by atoms with E-state index >= 15 is 0 Å². The number of benzene rings is 1. The monoisotopic (exact) mass is 495 g/mol. The van der Waals surface area contributed by atoms with Gasteiger partial charge in [-0.1, -0.05) is 12.8 Å². The highest BCUT2D eigenvalue weighted by molar-refractivity contribution is 6.00. The van der Waals surface area contributed by atoms with Crippen molar-refractivity contribution in [2.24, 2.45) is 0 Å². The van der Waals surface area contributed by atoms with Crippen LogP contribution in [-0.4, -0.2) is 57.4 Å². The number of fused-ring (bicyclic) bond motifs is 1. The molecule has 0 radical (unpaired) electrons. The molecule has 2 fully saturated rings. The van der Waals surface area contributed by atoms with Crippen LogP contribution in [0.5, 0.6) is 11.5 Å². The van der Waals surface area contributed by atoms with Gasteiger partial charge in [0, 0.05) is 17.2 Å². The molecule has 0 aliphatic heterocycles. The van der Waals surface area contributed by atoms with Gasteiger partial charge in [0.2, 0.25) is 0 Å². The third kappa shape index (κ3) is 4.90. The van der Waals surface area contributed by atoms with Crippen LogP contribution in [0.1, 0.15) is 77.7 Å². The van der Waals surface area contributed by atoms with E-state index in [4.69, 9.17) is 14.2 Å². The number of hydrogen-bond donors (Lipinski definition) is 2. The van der Waals surface area contributed by atoms with Crippen molar-refractivity contribution in [3.8, 4) is 11.5 Å². The van der Waals surface area contributed by atoms with E-state index in [2.05, 4.69) is 10.1 Å². The lowest BCUT2D eigenvalue weighted by atomic mass is 10.0. The highest BCUT2D eigenvalue weighted by Crippen LogP contribution is 2.40. The van der Waals surface area contributed by atoms with Crippen molar-refractivity contribution in [2.75, 3.05) is 14.2 Å². The maximum Gasteiger partial charge on any atom is 0.338 e. The van der Waals surface area contributed by atoms with E-state index in [0.29, 0.717) is 34.0 Å². The summed E-state index contributed by atoms with van der Waals surface area (Å²) in [6, 6.07) is 5.25. The molecular formula is C27H33N3O6. The Balaban J connectivity index is 1.49. The van der Waals surface area contributed by atoms with Crippen molar-refractivity contribution in [3.63, 3.8) is 0 Å². The number of nitrogens with zero attached hydrogens (tertiary/aromatic N) is 3. The third-order valence-electron chi connectivity index (χ3n) is 7.27. The van der Waals surface area contributed by atoms with E-state index in [0.717, 1.165) is 49.8 Å². The Hall–Kier alpha value is -3.17. The number of hydrogen-bond acceptors (Lipinski definition) is 7. The second kappa shape index (κ2) is 10.1. The van der Waals surface area contributed by atoms with Gasteiger partial charge in [-0.3, -0.25) is 4.68 Å². The molecule has 0 amide bonds. The molecule has 2 aliphatic carbocycles. The summed E-state index contributed by atoms with van der Waals surface area (Å²) in [4.78, 5) is 16.6. The molecule has 2 unspecified atom stereocenters. The maximum absolute atomic E-state index is 11.9.